The first-order valence-corrected chi connectivity index (χ1v) is 8.62. The summed E-state index contributed by atoms with van der Waals surface area (Å²) < 4.78 is 0. The molecule has 0 aromatic heterocycles. The Morgan fingerprint density at radius 1 is 1.25 bits per heavy atom. The molecule has 0 saturated heterocycles. The Morgan fingerprint density at radius 2 is 1.83 bits per heavy atom. The molecule has 1 heterocycles. The Hall–Kier alpha value is -1.85. The zero-order valence-electron chi connectivity index (χ0n) is 14.3. The summed E-state index contributed by atoms with van der Waals surface area (Å²) in [4.78, 5) is 27.5. The molecule has 5 nitrogen and oxygen atoms in total. The number of quaternary nitrogens is 1. The predicted octanol–water partition coefficient (Wildman–Crippen LogP) is 1.55. The zero-order chi connectivity index (χ0) is 17.9. The van der Waals surface area contributed by atoms with Gasteiger partial charge < -0.3 is 14.9 Å². The number of likely N-dealkylation sites (N-methyl/N-ethyl adjacent to an activating group) is 1. The van der Waals surface area contributed by atoms with E-state index in [0.717, 1.165) is 25.2 Å². The number of Topliss-reactive ketones (excluding diaryl/α,β-unsaturated/α-hetero) is 1. The van der Waals surface area contributed by atoms with Crippen molar-refractivity contribution in [1.82, 2.24) is 4.90 Å². The van der Waals surface area contributed by atoms with E-state index in [4.69, 9.17) is 11.6 Å². The van der Waals surface area contributed by atoms with Crippen LogP contribution < -0.4 is 4.90 Å². The van der Waals surface area contributed by atoms with Gasteiger partial charge in [0.1, 0.15) is 0 Å². The molecule has 1 amide bonds. The van der Waals surface area contributed by atoms with E-state index in [1.54, 1.807) is 29.2 Å². The van der Waals surface area contributed by atoms with Gasteiger partial charge in [0.25, 0.3) is 5.91 Å². The Labute approximate surface area is 147 Å². The fourth-order valence-corrected chi connectivity index (χ4v) is 3.24. The van der Waals surface area contributed by atoms with Gasteiger partial charge in [0, 0.05) is 5.02 Å². The molecule has 1 aliphatic rings. The third-order valence-electron chi connectivity index (χ3n) is 4.57. The van der Waals surface area contributed by atoms with Gasteiger partial charge in [-0.2, -0.15) is 0 Å². The minimum absolute atomic E-state index is 0.164. The lowest BCUT2D eigenvalue weighted by molar-refractivity contribution is -0.895. The topological polar surface area (TPSA) is 62.1 Å². The molecule has 0 fully saturated rings. The maximum absolute atomic E-state index is 12.5. The Balaban J connectivity index is 2.36. The standard InChI is InChI=1S/C18H23ClN2O3/c1-4-20(5-2)10-11-21-16(13-6-8-14(19)9-7-13)15(12(3)22)17(23)18(21)24/h6-9,16,23H,4-5,10-11H2,1-3H3/p+1/t16-/m0/s1. The average molecular weight is 352 g/mol. The van der Waals surface area contributed by atoms with Crippen molar-refractivity contribution in [3.8, 4) is 0 Å². The molecule has 1 aliphatic heterocycles. The number of hydrogen-bond acceptors (Lipinski definition) is 3. The fraction of sp³-hybridized carbons (Fsp3) is 0.444. The number of rotatable bonds is 7. The largest absolute Gasteiger partial charge is 0.503 e. The number of hydrogen-bond donors (Lipinski definition) is 2. The summed E-state index contributed by atoms with van der Waals surface area (Å²) >= 11 is 5.94. The van der Waals surface area contributed by atoms with Gasteiger partial charge in [-0.05, 0) is 38.5 Å². The first-order chi connectivity index (χ1) is 11.4. The molecule has 0 spiro atoms. The first-order valence-electron chi connectivity index (χ1n) is 8.24. The maximum Gasteiger partial charge on any atom is 0.290 e. The second-order valence-electron chi connectivity index (χ2n) is 5.98. The highest BCUT2D eigenvalue weighted by molar-refractivity contribution is 6.30. The van der Waals surface area contributed by atoms with Gasteiger partial charge in [-0.15, -0.1) is 0 Å². The van der Waals surface area contributed by atoms with Crippen LogP contribution in [0.3, 0.4) is 0 Å². The van der Waals surface area contributed by atoms with Crippen LogP contribution in [-0.4, -0.2) is 47.9 Å². The summed E-state index contributed by atoms with van der Waals surface area (Å²) in [7, 11) is 0. The normalized spacial score (nSPS) is 18.0. The van der Waals surface area contributed by atoms with E-state index in [0.29, 0.717) is 11.6 Å². The average Bonchev–Trinajstić information content (AvgIpc) is 2.81. The number of aliphatic hydroxyl groups is 1. The number of ketones is 1. The van der Waals surface area contributed by atoms with Gasteiger partial charge in [0.15, 0.2) is 11.5 Å². The lowest BCUT2D eigenvalue weighted by atomic mass is 9.97. The molecule has 130 valence electrons. The van der Waals surface area contributed by atoms with E-state index in [9.17, 15) is 14.7 Å². The van der Waals surface area contributed by atoms with Crippen molar-refractivity contribution in [2.24, 2.45) is 0 Å². The quantitative estimate of drug-likeness (QED) is 0.783. The van der Waals surface area contributed by atoms with E-state index in [-0.39, 0.29) is 11.4 Å². The molecule has 1 aromatic rings. The molecule has 0 radical (unpaired) electrons. The monoisotopic (exact) mass is 351 g/mol. The SMILES string of the molecule is CC[NH+](CC)CCN1C(=O)C(O)=C(C(C)=O)[C@@H]1c1ccc(Cl)cc1. The Kier molecular flexibility index (Phi) is 6.02. The minimum Gasteiger partial charge on any atom is -0.503 e. The lowest BCUT2D eigenvalue weighted by Gasteiger charge is -2.28. The minimum atomic E-state index is -0.553. The third-order valence-corrected chi connectivity index (χ3v) is 4.83. The van der Waals surface area contributed by atoms with Crippen LogP contribution in [0.2, 0.25) is 5.02 Å². The molecule has 0 bridgehead atoms. The van der Waals surface area contributed by atoms with Gasteiger partial charge in [0.2, 0.25) is 0 Å². The van der Waals surface area contributed by atoms with Crippen molar-refractivity contribution in [2.45, 2.75) is 26.8 Å². The van der Waals surface area contributed by atoms with Crippen LogP contribution in [0.1, 0.15) is 32.4 Å². The van der Waals surface area contributed by atoms with Crippen molar-refractivity contribution in [2.75, 3.05) is 26.2 Å². The summed E-state index contributed by atoms with van der Waals surface area (Å²) in [5.74, 6) is -1.21. The summed E-state index contributed by atoms with van der Waals surface area (Å²) in [6.07, 6.45) is 0. The van der Waals surface area contributed by atoms with Gasteiger partial charge >= 0.3 is 0 Å². The van der Waals surface area contributed by atoms with E-state index >= 15 is 0 Å². The molecular formula is C18H24ClN2O3+. The third kappa shape index (κ3) is 3.62. The second kappa shape index (κ2) is 7.81. The van der Waals surface area contributed by atoms with Gasteiger partial charge in [-0.3, -0.25) is 9.59 Å². The Morgan fingerprint density at radius 3 is 2.33 bits per heavy atom. The smallest absolute Gasteiger partial charge is 0.290 e. The summed E-state index contributed by atoms with van der Waals surface area (Å²) in [5, 5.41) is 10.8. The van der Waals surface area contributed by atoms with E-state index in [1.165, 1.54) is 11.8 Å². The van der Waals surface area contributed by atoms with Gasteiger partial charge in [-0.1, -0.05) is 23.7 Å². The molecule has 0 saturated carbocycles. The van der Waals surface area contributed by atoms with Gasteiger partial charge in [0.05, 0.1) is 37.8 Å². The summed E-state index contributed by atoms with van der Waals surface area (Å²) in [6, 6.07) is 6.48. The van der Waals surface area contributed by atoms with Crippen molar-refractivity contribution in [1.29, 1.82) is 0 Å². The number of nitrogens with zero attached hydrogens (tertiary/aromatic N) is 1. The number of carbonyl (C=O) groups is 2. The van der Waals surface area contributed by atoms with E-state index in [1.807, 2.05) is 0 Å². The molecule has 1 aromatic carbocycles. The lowest BCUT2D eigenvalue weighted by Crippen LogP contribution is -3.12. The number of nitrogens with one attached hydrogen (secondary N) is 1. The molecule has 1 atom stereocenters. The van der Waals surface area contributed by atoms with E-state index < -0.39 is 17.7 Å². The summed E-state index contributed by atoms with van der Waals surface area (Å²) in [5.41, 5.74) is 0.938. The number of benzene rings is 1. The van der Waals surface area contributed by atoms with Crippen molar-refractivity contribution in [3.05, 3.63) is 46.2 Å². The molecule has 2 rings (SSSR count). The van der Waals surface area contributed by atoms with Crippen LogP contribution in [0.5, 0.6) is 0 Å². The van der Waals surface area contributed by atoms with Crippen molar-refractivity contribution < 1.29 is 19.6 Å². The van der Waals surface area contributed by atoms with Crippen LogP contribution in [-0.2, 0) is 9.59 Å². The number of aliphatic hydroxyl groups excluding tert-OH is 1. The molecule has 2 N–H and O–H groups in total. The van der Waals surface area contributed by atoms with Crippen LogP contribution in [0.25, 0.3) is 0 Å². The number of amides is 1. The zero-order valence-corrected chi connectivity index (χ0v) is 15.1. The van der Waals surface area contributed by atoms with Crippen LogP contribution in [0.4, 0.5) is 0 Å². The fourth-order valence-electron chi connectivity index (χ4n) is 3.12. The molecule has 0 unspecified atom stereocenters. The number of halogens is 1. The molecule has 6 heteroatoms. The maximum atomic E-state index is 12.5. The predicted molar refractivity (Wildman–Crippen MR) is 93.2 cm³/mol. The first kappa shape index (κ1) is 18.5. The van der Waals surface area contributed by atoms with Gasteiger partial charge in [-0.25, -0.2) is 0 Å². The highest BCUT2D eigenvalue weighted by atomic mass is 35.5. The molecule has 0 aliphatic carbocycles. The van der Waals surface area contributed by atoms with Crippen LogP contribution >= 0.6 is 11.6 Å². The van der Waals surface area contributed by atoms with Crippen molar-refractivity contribution >= 4 is 23.3 Å². The van der Waals surface area contributed by atoms with Crippen LogP contribution in [0, 0.1) is 0 Å². The van der Waals surface area contributed by atoms with Crippen molar-refractivity contribution in [3.63, 3.8) is 0 Å². The van der Waals surface area contributed by atoms with E-state index in [2.05, 4.69) is 13.8 Å². The Bertz CT molecular complexity index is 651. The molecule has 24 heavy (non-hydrogen) atoms. The highest BCUT2D eigenvalue weighted by Crippen LogP contribution is 2.37. The highest BCUT2D eigenvalue weighted by Gasteiger charge is 2.42. The number of carbonyl (C=O) groups excluding carboxylic acids is 2. The second-order valence-corrected chi connectivity index (χ2v) is 6.41. The summed E-state index contributed by atoms with van der Waals surface area (Å²) in [6.45, 7) is 8.73. The molecular weight excluding hydrogens is 328 g/mol. The van der Waals surface area contributed by atoms with Crippen LogP contribution in [0.15, 0.2) is 35.6 Å².